The second-order valence-electron chi connectivity index (χ2n) is 5.58. The highest BCUT2D eigenvalue weighted by molar-refractivity contribution is 5.79. The molecular formula is C14H23NO2. The Morgan fingerprint density at radius 2 is 1.88 bits per heavy atom. The molecule has 1 saturated carbocycles. The summed E-state index contributed by atoms with van der Waals surface area (Å²) in [5, 5.41) is 12.6. The zero-order valence-corrected chi connectivity index (χ0v) is 10.5. The molecule has 0 aromatic heterocycles. The fourth-order valence-electron chi connectivity index (χ4n) is 2.94. The lowest BCUT2D eigenvalue weighted by Gasteiger charge is -2.36. The van der Waals surface area contributed by atoms with Gasteiger partial charge in [-0.2, -0.15) is 0 Å². The lowest BCUT2D eigenvalue weighted by atomic mass is 9.74. The Morgan fingerprint density at radius 3 is 2.47 bits per heavy atom. The number of allylic oxidation sites excluding steroid dienone is 2. The molecule has 1 fully saturated rings. The van der Waals surface area contributed by atoms with Crippen molar-refractivity contribution < 1.29 is 9.90 Å². The van der Waals surface area contributed by atoms with Crippen LogP contribution >= 0.6 is 0 Å². The van der Waals surface area contributed by atoms with E-state index >= 15 is 0 Å². The topological polar surface area (TPSA) is 49.3 Å². The van der Waals surface area contributed by atoms with E-state index in [1.54, 1.807) is 0 Å². The Morgan fingerprint density at radius 1 is 1.24 bits per heavy atom. The largest absolute Gasteiger partial charge is 0.396 e. The van der Waals surface area contributed by atoms with Gasteiger partial charge in [0.1, 0.15) is 0 Å². The van der Waals surface area contributed by atoms with Crippen LogP contribution in [0.4, 0.5) is 0 Å². The quantitative estimate of drug-likeness (QED) is 0.735. The molecule has 0 saturated heterocycles. The minimum absolute atomic E-state index is 0.0417. The summed E-state index contributed by atoms with van der Waals surface area (Å²) in [7, 11) is 0. The molecule has 3 heteroatoms. The van der Waals surface area contributed by atoms with Crippen molar-refractivity contribution in [2.75, 3.05) is 13.2 Å². The maximum atomic E-state index is 11.9. The van der Waals surface area contributed by atoms with Crippen LogP contribution in [0.1, 0.15) is 44.9 Å². The molecule has 3 nitrogen and oxygen atoms in total. The summed E-state index contributed by atoms with van der Waals surface area (Å²) in [6, 6.07) is 0. The van der Waals surface area contributed by atoms with Crippen LogP contribution in [0, 0.1) is 11.3 Å². The number of rotatable bonds is 4. The fraction of sp³-hybridized carbons (Fsp3) is 0.786. The zero-order valence-electron chi connectivity index (χ0n) is 10.5. The minimum Gasteiger partial charge on any atom is -0.396 e. The van der Waals surface area contributed by atoms with Gasteiger partial charge in [0, 0.05) is 17.9 Å². The van der Waals surface area contributed by atoms with Gasteiger partial charge in [-0.3, -0.25) is 4.79 Å². The number of hydrogen-bond acceptors (Lipinski definition) is 2. The number of hydrogen-bond donors (Lipinski definition) is 2. The third-order valence-electron chi connectivity index (χ3n) is 4.27. The van der Waals surface area contributed by atoms with Crippen molar-refractivity contribution in [3.63, 3.8) is 0 Å². The van der Waals surface area contributed by atoms with Gasteiger partial charge in [0.15, 0.2) is 0 Å². The van der Waals surface area contributed by atoms with Gasteiger partial charge in [0.25, 0.3) is 0 Å². The Balaban J connectivity index is 1.80. The Labute approximate surface area is 103 Å². The highest BCUT2D eigenvalue weighted by atomic mass is 16.3. The predicted octanol–water partition coefficient (Wildman–Crippen LogP) is 2.01. The second-order valence-corrected chi connectivity index (χ2v) is 5.58. The van der Waals surface area contributed by atoms with Crippen molar-refractivity contribution in [1.29, 1.82) is 0 Å². The van der Waals surface area contributed by atoms with Crippen LogP contribution in [0.2, 0.25) is 0 Å². The van der Waals surface area contributed by atoms with Crippen molar-refractivity contribution in [3.05, 3.63) is 12.2 Å². The maximum absolute atomic E-state index is 11.9. The molecule has 0 bridgehead atoms. The molecule has 96 valence electrons. The predicted molar refractivity (Wildman–Crippen MR) is 67.5 cm³/mol. The van der Waals surface area contributed by atoms with E-state index in [1.165, 1.54) is 19.3 Å². The van der Waals surface area contributed by atoms with E-state index in [-0.39, 0.29) is 23.8 Å². The molecule has 0 aromatic carbocycles. The average Bonchev–Trinajstić information content (AvgIpc) is 2.91. The molecule has 0 atom stereocenters. The molecule has 1 amide bonds. The Hall–Kier alpha value is -0.830. The van der Waals surface area contributed by atoms with Crippen LogP contribution in [0.5, 0.6) is 0 Å². The van der Waals surface area contributed by atoms with Crippen molar-refractivity contribution >= 4 is 5.91 Å². The lowest BCUT2D eigenvalue weighted by Crippen LogP contribution is -2.43. The van der Waals surface area contributed by atoms with Crippen LogP contribution in [0.25, 0.3) is 0 Å². The van der Waals surface area contributed by atoms with E-state index in [2.05, 4.69) is 17.5 Å². The van der Waals surface area contributed by atoms with Gasteiger partial charge in [-0.05, 0) is 25.7 Å². The van der Waals surface area contributed by atoms with E-state index < -0.39 is 0 Å². The molecule has 0 spiro atoms. The molecular weight excluding hydrogens is 214 g/mol. The van der Waals surface area contributed by atoms with E-state index in [1.807, 2.05) is 0 Å². The van der Waals surface area contributed by atoms with Crippen LogP contribution in [-0.4, -0.2) is 24.2 Å². The number of aliphatic hydroxyl groups excluding tert-OH is 1. The van der Waals surface area contributed by atoms with Crippen molar-refractivity contribution in [3.8, 4) is 0 Å². The smallest absolute Gasteiger partial charge is 0.223 e. The first-order valence-electron chi connectivity index (χ1n) is 6.79. The first-order valence-corrected chi connectivity index (χ1v) is 6.79. The van der Waals surface area contributed by atoms with Crippen molar-refractivity contribution in [2.24, 2.45) is 11.3 Å². The SMILES string of the molecule is O=C(NCC1(CO)CCCCC1)C1CC=CC1. The summed E-state index contributed by atoms with van der Waals surface area (Å²) in [5.41, 5.74) is -0.0417. The van der Waals surface area contributed by atoms with Gasteiger partial charge in [0.2, 0.25) is 5.91 Å². The van der Waals surface area contributed by atoms with E-state index in [0.29, 0.717) is 6.54 Å². The van der Waals surface area contributed by atoms with E-state index in [0.717, 1.165) is 25.7 Å². The molecule has 2 aliphatic rings. The molecule has 0 unspecified atom stereocenters. The van der Waals surface area contributed by atoms with Crippen molar-refractivity contribution in [1.82, 2.24) is 5.32 Å². The average molecular weight is 237 g/mol. The fourth-order valence-corrected chi connectivity index (χ4v) is 2.94. The lowest BCUT2D eigenvalue weighted by molar-refractivity contribution is -0.125. The highest BCUT2D eigenvalue weighted by Gasteiger charge is 2.32. The van der Waals surface area contributed by atoms with Crippen molar-refractivity contribution in [2.45, 2.75) is 44.9 Å². The molecule has 2 aliphatic carbocycles. The van der Waals surface area contributed by atoms with Gasteiger partial charge in [-0.25, -0.2) is 0 Å². The molecule has 0 aromatic rings. The minimum atomic E-state index is -0.0417. The molecule has 0 heterocycles. The summed E-state index contributed by atoms with van der Waals surface area (Å²) >= 11 is 0. The standard InChI is InChI=1S/C14H23NO2/c16-11-14(8-4-1-5-9-14)10-15-13(17)12-6-2-3-7-12/h2-3,12,16H,1,4-11H2,(H,15,17). The van der Waals surface area contributed by atoms with Crippen LogP contribution in [0.3, 0.4) is 0 Å². The number of carbonyl (C=O) groups excluding carboxylic acids is 1. The summed E-state index contributed by atoms with van der Waals surface area (Å²) in [6.45, 7) is 0.856. The summed E-state index contributed by atoms with van der Waals surface area (Å²) in [4.78, 5) is 11.9. The van der Waals surface area contributed by atoms with Crippen LogP contribution in [-0.2, 0) is 4.79 Å². The first-order chi connectivity index (χ1) is 8.26. The molecule has 0 radical (unpaired) electrons. The number of nitrogens with one attached hydrogen (secondary N) is 1. The number of aliphatic hydroxyl groups is 1. The summed E-state index contributed by atoms with van der Waals surface area (Å²) in [6.07, 6.45) is 11.6. The third kappa shape index (κ3) is 3.09. The second kappa shape index (κ2) is 5.67. The van der Waals surface area contributed by atoms with Gasteiger partial charge in [-0.15, -0.1) is 0 Å². The maximum Gasteiger partial charge on any atom is 0.223 e. The Bertz CT molecular complexity index is 285. The third-order valence-corrected chi connectivity index (χ3v) is 4.27. The normalized spacial score (nSPS) is 23.8. The molecule has 17 heavy (non-hydrogen) atoms. The molecule has 0 aliphatic heterocycles. The van der Waals surface area contributed by atoms with Gasteiger partial charge >= 0.3 is 0 Å². The van der Waals surface area contributed by atoms with Gasteiger partial charge in [-0.1, -0.05) is 31.4 Å². The van der Waals surface area contributed by atoms with E-state index in [9.17, 15) is 9.90 Å². The monoisotopic (exact) mass is 237 g/mol. The van der Waals surface area contributed by atoms with Gasteiger partial charge in [0.05, 0.1) is 6.61 Å². The molecule has 2 rings (SSSR count). The van der Waals surface area contributed by atoms with Gasteiger partial charge < -0.3 is 10.4 Å². The summed E-state index contributed by atoms with van der Waals surface area (Å²) in [5.74, 6) is 0.294. The zero-order chi connectivity index (χ0) is 12.1. The molecule has 2 N–H and O–H groups in total. The summed E-state index contributed by atoms with van der Waals surface area (Å²) < 4.78 is 0. The number of carbonyl (C=O) groups is 1. The first kappa shape index (κ1) is 12.6. The Kier molecular flexibility index (Phi) is 4.21. The van der Waals surface area contributed by atoms with E-state index in [4.69, 9.17) is 0 Å². The van der Waals surface area contributed by atoms with Crippen LogP contribution < -0.4 is 5.32 Å². The number of amides is 1. The highest BCUT2D eigenvalue weighted by Crippen LogP contribution is 2.35. The van der Waals surface area contributed by atoms with Crippen LogP contribution in [0.15, 0.2) is 12.2 Å².